The zero-order chi connectivity index (χ0) is 20.8. The monoisotopic (exact) mass is 539 g/mol. The van der Waals surface area contributed by atoms with Crippen molar-refractivity contribution in [2.45, 2.75) is 6.18 Å². The molecule has 0 aliphatic carbocycles. The molecule has 0 fully saturated rings. The summed E-state index contributed by atoms with van der Waals surface area (Å²) in [6, 6.07) is 5.12. The van der Waals surface area contributed by atoms with Gasteiger partial charge in [-0.3, -0.25) is 0 Å². The van der Waals surface area contributed by atoms with E-state index in [9.17, 15) is 22.0 Å². The van der Waals surface area contributed by atoms with Crippen molar-refractivity contribution < 1.29 is 26.5 Å². The van der Waals surface area contributed by atoms with Crippen LogP contribution in [-0.2, 0) is 6.18 Å². The Morgan fingerprint density at radius 1 is 1.14 bits per heavy atom. The maximum atomic E-state index is 14.1. The fourth-order valence-electron chi connectivity index (χ4n) is 2.71. The van der Waals surface area contributed by atoms with Crippen molar-refractivity contribution in [2.75, 3.05) is 0 Å². The standard InChI is InChI=1S/C18H8ClF5IN3O/c19-11-2-1-3-12(20)16(11)13-6-14(29-27-13)10-8-26-28(17(10)18(22,23)24)9-4-5-15(21)25-7-9/h1-8H. The van der Waals surface area contributed by atoms with Crippen LogP contribution in [0.1, 0.15) is 5.69 Å². The van der Waals surface area contributed by atoms with E-state index in [4.69, 9.17) is 16.1 Å². The number of benzene rings is 1. The smallest absolute Gasteiger partial charge is 0.356 e. The molecule has 0 N–H and O–H groups in total. The zero-order valence-corrected chi connectivity index (χ0v) is 16.9. The van der Waals surface area contributed by atoms with Crippen LogP contribution in [0, 0.1) is 5.82 Å². The van der Waals surface area contributed by atoms with E-state index in [1.807, 2.05) is 0 Å². The molecular weight excluding hydrogens is 532 g/mol. The molecule has 0 radical (unpaired) electrons. The first-order valence-corrected chi connectivity index (χ1v) is 10.6. The molecule has 3 aromatic rings. The maximum absolute atomic E-state index is 14.1. The van der Waals surface area contributed by atoms with Crippen molar-refractivity contribution in [3.8, 4) is 22.6 Å². The molecule has 3 heterocycles. The van der Waals surface area contributed by atoms with E-state index < -0.39 is 38.4 Å². The minimum atomic E-state index is -4.79. The first-order chi connectivity index (χ1) is 13.8. The summed E-state index contributed by atoms with van der Waals surface area (Å²) < 4.78 is 75.4. The van der Waals surface area contributed by atoms with Gasteiger partial charge in [-0.1, -0.05) is 43.6 Å². The number of halogens is 7. The van der Waals surface area contributed by atoms with Gasteiger partial charge in [-0.2, -0.15) is 18.3 Å². The zero-order valence-electron chi connectivity index (χ0n) is 14.0. The minimum Gasteiger partial charge on any atom is -0.356 e. The molecule has 4 rings (SSSR count). The summed E-state index contributed by atoms with van der Waals surface area (Å²) >= 11 is 4.81. The molecule has 2 aromatic heterocycles. The van der Waals surface area contributed by atoms with Crippen molar-refractivity contribution in [3.63, 3.8) is 0 Å². The SMILES string of the molecule is FC1=IC=C(n2ncc(-c3cc(-c4c(F)cccc4Cl)no3)c2C(F)(F)F)C=C1. The predicted molar refractivity (Wildman–Crippen MR) is 107 cm³/mol. The quantitative estimate of drug-likeness (QED) is 0.284. The average Bonchev–Trinajstić information content (AvgIpc) is 3.29. The molecule has 11 heteroatoms. The number of hydrogen-bond donors (Lipinski definition) is 0. The van der Waals surface area contributed by atoms with Crippen LogP contribution in [0.4, 0.5) is 22.0 Å². The lowest BCUT2D eigenvalue weighted by Crippen LogP contribution is -2.15. The van der Waals surface area contributed by atoms with Crippen molar-refractivity contribution in [2.24, 2.45) is 0 Å². The van der Waals surface area contributed by atoms with E-state index in [0.29, 0.717) is 4.68 Å². The van der Waals surface area contributed by atoms with Crippen LogP contribution in [0.5, 0.6) is 0 Å². The Bertz CT molecular complexity index is 1170. The second-order valence-corrected chi connectivity index (χ2v) is 8.44. The minimum absolute atomic E-state index is 0.0382. The summed E-state index contributed by atoms with van der Waals surface area (Å²) in [7, 11) is 0. The highest BCUT2D eigenvalue weighted by Crippen LogP contribution is 2.40. The van der Waals surface area contributed by atoms with Crippen LogP contribution >= 0.6 is 32.3 Å². The first-order valence-electron chi connectivity index (χ1n) is 7.87. The fourth-order valence-corrected chi connectivity index (χ4v) is 4.44. The number of allylic oxidation sites excluding steroid dienone is 3. The Morgan fingerprint density at radius 2 is 1.93 bits per heavy atom. The number of alkyl halides is 3. The summed E-state index contributed by atoms with van der Waals surface area (Å²) in [4.78, 5) is 0. The second-order valence-electron chi connectivity index (χ2n) is 5.76. The number of aromatic nitrogens is 3. The topological polar surface area (TPSA) is 43.9 Å². The molecule has 1 aromatic carbocycles. The van der Waals surface area contributed by atoms with Gasteiger partial charge < -0.3 is 4.52 Å². The lowest BCUT2D eigenvalue weighted by Gasteiger charge is -2.13. The van der Waals surface area contributed by atoms with Crippen LogP contribution in [0.2, 0.25) is 5.02 Å². The third-order valence-electron chi connectivity index (χ3n) is 3.93. The van der Waals surface area contributed by atoms with Crippen molar-refractivity contribution >= 4 is 41.8 Å². The van der Waals surface area contributed by atoms with Gasteiger partial charge in [0.2, 0.25) is 0 Å². The van der Waals surface area contributed by atoms with Gasteiger partial charge in [-0.15, -0.1) is 0 Å². The largest absolute Gasteiger partial charge is 0.434 e. The Kier molecular flexibility index (Phi) is 5.15. The van der Waals surface area contributed by atoms with Crippen molar-refractivity contribution in [1.82, 2.24) is 14.9 Å². The highest BCUT2D eigenvalue weighted by molar-refractivity contribution is 14.2. The van der Waals surface area contributed by atoms with Gasteiger partial charge in [0.1, 0.15) is 11.5 Å². The van der Waals surface area contributed by atoms with Crippen molar-refractivity contribution in [3.05, 3.63) is 63.2 Å². The van der Waals surface area contributed by atoms with Gasteiger partial charge in [0.25, 0.3) is 0 Å². The maximum Gasteiger partial charge on any atom is 0.434 e. The van der Waals surface area contributed by atoms with Crippen LogP contribution in [0.3, 0.4) is 0 Å². The van der Waals surface area contributed by atoms with Gasteiger partial charge >= 0.3 is 6.18 Å². The molecule has 0 spiro atoms. The molecule has 0 unspecified atom stereocenters. The van der Waals surface area contributed by atoms with Gasteiger partial charge in [0.15, 0.2) is 15.2 Å². The average molecular weight is 540 g/mol. The molecule has 0 amide bonds. The number of rotatable bonds is 3. The normalized spacial score (nSPS) is 14.4. The fraction of sp³-hybridized carbons (Fsp3) is 0.0556. The van der Waals surface area contributed by atoms with Gasteiger partial charge in [-0.25, -0.2) is 13.5 Å². The second kappa shape index (κ2) is 7.48. The summed E-state index contributed by atoms with van der Waals surface area (Å²) in [5.41, 5.74) is -1.52. The highest BCUT2D eigenvalue weighted by atomic mass is 127. The number of hydrogen-bond acceptors (Lipinski definition) is 3. The van der Waals surface area contributed by atoms with E-state index >= 15 is 0 Å². The Labute approximate surface area is 175 Å². The lowest BCUT2D eigenvalue weighted by atomic mass is 10.1. The molecule has 1 aliphatic heterocycles. The first kappa shape index (κ1) is 20.0. The van der Waals surface area contributed by atoms with E-state index in [1.165, 1.54) is 22.3 Å². The van der Waals surface area contributed by atoms with Gasteiger partial charge in [0.05, 0.1) is 28.0 Å². The van der Waals surface area contributed by atoms with Crippen LogP contribution in [-0.4, -0.2) is 18.7 Å². The van der Waals surface area contributed by atoms with E-state index in [2.05, 4.69) is 10.3 Å². The number of nitrogens with zero attached hydrogens (tertiary/aromatic N) is 3. The Morgan fingerprint density at radius 3 is 2.59 bits per heavy atom. The third-order valence-corrected chi connectivity index (χ3v) is 6.15. The van der Waals surface area contributed by atoms with E-state index in [0.717, 1.165) is 24.4 Å². The van der Waals surface area contributed by atoms with Crippen LogP contribution in [0.25, 0.3) is 28.3 Å². The molecule has 0 saturated heterocycles. The molecular formula is C18H8ClF5IN3O. The molecule has 1 aliphatic rings. The third kappa shape index (κ3) is 3.78. The molecule has 0 atom stereocenters. The Balaban J connectivity index is 1.83. The highest BCUT2D eigenvalue weighted by Gasteiger charge is 2.40. The van der Waals surface area contributed by atoms with Gasteiger partial charge in [0, 0.05) is 6.07 Å². The van der Waals surface area contributed by atoms with Crippen LogP contribution < -0.4 is 0 Å². The van der Waals surface area contributed by atoms with E-state index in [1.54, 1.807) is 0 Å². The summed E-state index contributed by atoms with van der Waals surface area (Å²) in [5, 5.41) is 7.50. The molecule has 29 heavy (non-hydrogen) atoms. The summed E-state index contributed by atoms with van der Waals surface area (Å²) in [5.74, 6) is -0.950. The van der Waals surface area contributed by atoms with Crippen LogP contribution in [0.15, 0.2) is 51.2 Å². The van der Waals surface area contributed by atoms with Crippen molar-refractivity contribution in [1.29, 1.82) is 0 Å². The summed E-state index contributed by atoms with van der Waals surface area (Å²) in [6.07, 6.45) is -1.48. The summed E-state index contributed by atoms with van der Waals surface area (Å²) in [6.45, 7) is 0. The molecule has 0 saturated carbocycles. The Hall–Kier alpha value is -2.34. The van der Waals surface area contributed by atoms with Gasteiger partial charge in [-0.05, 0) is 28.4 Å². The molecule has 150 valence electrons. The van der Waals surface area contributed by atoms with E-state index in [-0.39, 0.29) is 37.1 Å². The molecule has 0 bridgehead atoms. The predicted octanol–water partition coefficient (Wildman–Crippen LogP) is 6.45. The molecule has 4 nitrogen and oxygen atoms in total. The lowest BCUT2D eigenvalue weighted by molar-refractivity contribution is -0.142.